The molecule has 6 heteroatoms. The summed E-state index contributed by atoms with van der Waals surface area (Å²) < 4.78 is 11.6. The summed E-state index contributed by atoms with van der Waals surface area (Å²) in [6, 6.07) is 14.4. The number of nitrogens with one attached hydrogen (secondary N) is 1. The van der Waals surface area contributed by atoms with Crippen molar-refractivity contribution in [2.45, 2.75) is 13.3 Å². The molecule has 2 heterocycles. The molecule has 6 nitrogen and oxygen atoms in total. The average molecular weight is 374 g/mol. The number of fused-ring (bicyclic) bond motifs is 3. The summed E-state index contributed by atoms with van der Waals surface area (Å²) in [4.78, 5) is 28.7. The number of hydrogen-bond acceptors (Lipinski definition) is 5. The molecule has 0 aliphatic heterocycles. The zero-order chi connectivity index (χ0) is 19.5. The number of carbonyl (C=O) groups is 2. The largest absolute Gasteiger partial charge is 0.490 e. The third-order valence-electron chi connectivity index (χ3n) is 4.42. The van der Waals surface area contributed by atoms with E-state index in [1.54, 1.807) is 30.6 Å². The van der Waals surface area contributed by atoms with Gasteiger partial charge in [-0.2, -0.15) is 0 Å². The minimum Gasteiger partial charge on any atom is -0.490 e. The van der Waals surface area contributed by atoms with Crippen LogP contribution in [0.3, 0.4) is 0 Å². The number of anilines is 1. The Bertz CT molecular complexity index is 1170. The number of furan rings is 1. The SMILES string of the molecule is CCOc1ccc(CC(=O)C(=O)Nc2ccncc2)c2c1oc1ccccc12. The van der Waals surface area contributed by atoms with Crippen LogP contribution in [0.15, 0.2) is 65.3 Å². The number of ether oxygens (including phenoxy) is 1. The maximum Gasteiger partial charge on any atom is 0.292 e. The van der Waals surface area contributed by atoms with Gasteiger partial charge in [-0.1, -0.05) is 24.3 Å². The van der Waals surface area contributed by atoms with Crippen LogP contribution >= 0.6 is 0 Å². The quantitative estimate of drug-likeness (QED) is 0.513. The van der Waals surface area contributed by atoms with Gasteiger partial charge in [0.1, 0.15) is 5.58 Å². The van der Waals surface area contributed by atoms with Crippen molar-refractivity contribution in [3.05, 3.63) is 66.5 Å². The minimum absolute atomic E-state index is 0.0383. The molecule has 4 rings (SSSR count). The Balaban J connectivity index is 1.69. The minimum atomic E-state index is -0.666. The van der Waals surface area contributed by atoms with E-state index in [-0.39, 0.29) is 6.42 Å². The smallest absolute Gasteiger partial charge is 0.292 e. The van der Waals surface area contributed by atoms with E-state index in [9.17, 15) is 9.59 Å². The van der Waals surface area contributed by atoms with Gasteiger partial charge in [-0.05, 0) is 36.8 Å². The number of benzene rings is 2. The monoisotopic (exact) mass is 374 g/mol. The van der Waals surface area contributed by atoms with Gasteiger partial charge in [0.05, 0.1) is 6.61 Å². The van der Waals surface area contributed by atoms with Gasteiger partial charge in [0, 0.05) is 35.3 Å². The topological polar surface area (TPSA) is 81.4 Å². The van der Waals surface area contributed by atoms with Crippen LogP contribution in [-0.2, 0) is 16.0 Å². The first-order valence-electron chi connectivity index (χ1n) is 8.97. The van der Waals surface area contributed by atoms with Gasteiger partial charge in [-0.15, -0.1) is 0 Å². The van der Waals surface area contributed by atoms with Crippen LogP contribution in [0.4, 0.5) is 5.69 Å². The number of hydrogen-bond donors (Lipinski definition) is 1. The lowest BCUT2D eigenvalue weighted by molar-refractivity contribution is -0.134. The van der Waals surface area contributed by atoms with Crippen LogP contribution in [0.1, 0.15) is 12.5 Å². The van der Waals surface area contributed by atoms with Crippen LogP contribution in [0.25, 0.3) is 21.9 Å². The second-order valence-electron chi connectivity index (χ2n) is 6.25. The fourth-order valence-electron chi connectivity index (χ4n) is 3.18. The Kier molecular flexibility index (Phi) is 4.76. The van der Waals surface area contributed by atoms with Crippen molar-refractivity contribution in [3.63, 3.8) is 0 Å². The number of pyridine rings is 1. The van der Waals surface area contributed by atoms with Crippen molar-refractivity contribution < 1.29 is 18.7 Å². The summed E-state index contributed by atoms with van der Waals surface area (Å²) >= 11 is 0. The van der Waals surface area contributed by atoms with E-state index in [1.165, 1.54) is 0 Å². The molecule has 0 unspecified atom stereocenters. The molecular formula is C22H18N2O4. The number of rotatable bonds is 6. The van der Waals surface area contributed by atoms with Gasteiger partial charge in [0.25, 0.3) is 5.91 Å². The summed E-state index contributed by atoms with van der Waals surface area (Å²) in [5.41, 5.74) is 2.54. The highest BCUT2D eigenvalue weighted by Gasteiger charge is 2.20. The zero-order valence-electron chi connectivity index (χ0n) is 15.3. The number of aromatic nitrogens is 1. The molecule has 0 saturated heterocycles. The van der Waals surface area contributed by atoms with Crippen LogP contribution < -0.4 is 10.1 Å². The van der Waals surface area contributed by atoms with Crippen molar-refractivity contribution >= 4 is 39.3 Å². The standard InChI is InChI=1S/C22H18N2O4/c1-2-27-19-8-7-14(20-16-5-3-4-6-18(16)28-21(19)20)13-17(25)22(26)24-15-9-11-23-12-10-15/h3-12H,2,13H2,1H3,(H,23,24,26). The Labute approximate surface area is 161 Å². The van der Waals surface area contributed by atoms with Gasteiger partial charge in [-0.25, -0.2) is 0 Å². The first-order valence-corrected chi connectivity index (χ1v) is 8.97. The van der Waals surface area contributed by atoms with E-state index in [0.717, 1.165) is 16.3 Å². The normalized spacial score (nSPS) is 10.9. The van der Waals surface area contributed by atoms with E-state index < -0.39 is 11.7 Å². The number of nitrogens with zero attached hydrogens (tertiary/aromatic N) is 1. The van der Waals surface area contributed by atoms with Gasteiger partial charge in [0.15, 0.2) is 11.3 Å². The molecule has 140 valence electrons. The molecule has 1 N–H and O–H groups in total. The van der Waals surface area contributed by atoms with Gasteiger partial charge in [0.2, 0.25) is 5.78 Å². The molecule has 0 atom stereocenters. The lowest BCUT2D eigenvalue weighted by Crippen LogP contribution is -2.24. The molecule has 28 heavy (non-hydrogen) atoms. The highest BCUT2D eigenvalue weighted by Crippen LogP contribution is 2.37. The molecule has 2 aromatic carbocycles. The number of Topliss-reactive ketones (excluding diaryl/α,β-unsaturated/α-hetero) is 1. The van der Waals surface area contributed by atoms with Crippen LogP contribution in [0.2, 0.25) is 0 Å². The first kappa shape index (κ1) is 17.7. The molecule has 0 bridgehead atoms. The maximum absolute atomic E-state index is 12.5. The Morgan fingerprint density at radius 2 is 1.86 bits per heavy atom. The van der Waals surface area contributed by atoms with Gasteiger partial charge in [-0.3, -0.25) is 14.6 Å². The molecule has 0 fully saturated rings. The van der Waals surface area contributed by atoms with Gasteiger partial charge >= 0.3 is 0 Å². The van der Waals surface area contributed by atoms with E-state index in [1.807, 2.05) is 37.3 Å². The second kappa shape index (κ2) is 7.52. The third kappa shape index (κ3) is 3.32. The van der Waals surface area contributed by atoms with E-state index in [2.05, 4.69) is 10.3 Å². The van der Waals surface area contributed by atoms with Crippen molar-refractivity contribution in [1.82, 2.24) is 4.98 Å². The van der Waals surface area contributed by atoms with Crippen molar-refractivity contribution in [2.75, 3.05) is 11.9 Å². The molecule has 2 aromatic heterocycles. The van der Waals surface area contributed by atoms with E-state index >= 15 is 0 Å². The van der Waals surface area contributed by atoms with Crippen molar-refractivity contribution in [3.8, 4) is 5.75 Å². The fourth-order valence-corrected chi connectivity index (χ4v) is 3.18. The Morgan fingerprint density at radius 3 is 2.64 bits per heavy atom. The second-order valence-corrected chi connectivity index (χ2v) is 6.25. The molecule has 0 aliphatic carbocycles. The van der Waals surface area contributed by atoms with Crippen molar-refractivity contribution in [1.29, 1.82) is 0 Å². The van der Waals surface area contributed by atoms with Crippen LogP contribution in [0, 0.1) is 0 Å². The summed E-state index contributed by atoms with van der Waals surface area (Å²) in [7, 11) is 0. The van der Waals surface area contributed by atoms with Crippen molar-refractivity contribution in [2.24, 2.45) is 0 Å². The predicted molar refractivity (Wildman–Crippen MR) is 106 cm³/mol. The van der Waals surface area contributed by atoms with E-state index in [4.69, 9.17) is 9.15 Å². The van der Waals surface area contributed by atoms with Crippen LogP contribution in [0.5, 0.6) is 5.75 Å². The average Bonchev–Trinajstić information content (AvgIpc) is 3.11. The Morgan fingerprint density at radius 1 is 1.07 bits per heavy atom. The first-order chi connectivity index (χ1) is 13.7. The predicted octanol–water partition coefficient (Wildman–Crippen LogP) is 4.13. The summed E-state index contributed by atoms with van der Waals surface area (Å²) in [5, 5.41) is 4.28. The van der Waals surface area contributed by atoms with Crippen LogP contribution in [-0.4, -0.2) is 23.3 Å². The highest BCUT2D eigenvalue weighted by molar-refractivity contribution is 6.41. The number of carbonyl (C=O) groups excluding carboxylic acids is 2. The van der Waals surface area contributed by atoms with E-state index in [0.29, 0.717) is 29.2 Å². The molecule has 4 aromatic rings. The molecular weight excluding hydrogens is 356 g/mol. The highest BCUT2D eigenvalue weighted by atomic mass is 16.5. The summed E-state index contributed by atoms with van der Waals surface area (Å²) in [6.07, 6.45) is 3.06. The molecule has 0 spiro atoms. The number of ketones is 1. The fraction of sp³-hybridized carbons (Fsp3) is 0.136. The summed E-state index contributed by atoms with van der Waals surface area (Å²) in [5.74, 6) is -0.584. The lowest BCUT2D eigenvalue weighted by atomic mass is 10.0. The molecule has 0 saturated carbocycles. The molecule has 1 amide bonds. The Hall–Kier alpha value is -3.67. The lowest BCUT2D eigenvalue weighted by Gasteiger charge is -2.08. The van der Waals surface area contributed by atoms with Gasteiger partial charge < -0.3 is 14.5 Å². The summed E-state index contributed by atoms with van der Waals surface area (Å²) in [6.45, 7) is 2.40. The molecule has 0 aliphatic rings. The third-order valence-corrected chi connectivity index (χ3v) is 4.42. The molecule has 0 radical (unpaired) electrons. The number of para-hydroxylation sites is 1. The number of amides is 1. The zero-order valence-corrected chi connectivity index (χ0v) is 15.3. The maximum atomic E-state index is 12.5.